The number of carbonyl (C=O) groups excluding carboxylic acids is 1. The molecule has 0 unspecified atom stereocenters. The van der Waals surface area contributed by atoms with Gasteiger partial charge in [0.1, 0.15) is 0 Å². The number of anilines is 1. The van der Waals surface area contributed by atoms with Gasteiger partial charge in [0.15, 0.2) is 11.6 Å². The number of nitrogens with zero attached hydrogens (tertiary/aromatic N) is 2. The molecule has 1 heterocycles. The Morgan fingerprint density at radius 3 is 2.30 bits per heavy atom. The molecular formula is C16H7ClF5N3O2. The van der Waals surface area contributed by atoms with Gasteiger partial charge < -0.3 is 9.84 Å². The Labute approximate surface area is 152 Å². The summed E-state index contributed by atoms with van der Waals surface area (Å²) in [5.41, 5.74) is -0.221. The topological polar surface area (TPSA) is 68.0 Å². The zero-order chi connectivity index (χ0) is 19.8. The zero-order valence-electron chi connectivity index (χ0n) is 12.9. The second kappa shape index (κ2) is 6.95. The van der Waals surface area contributed by atoms with E-state index in [2.05, 4.69) is 20.0 Å². The van der Waals surface area contributed by atoms with E-state index in [9.17, 15) is 26.7 Å². The van der Waals surface area contributed by atoms with Crippen molar-refractivity contribution in [1.82, 2.24) is 10.1 Å². The first-order chi connectivity index (χ1) is 12.7. The predicted octanol–water partition coefficient (Wildman–Crippen LogP) is 4.94. The molecule has 0 aliphatic carbocycles. The molecule has 140 valence electrons. The Morgan fingerprint density at radius 2 is 1.70 bits per heavy atom. The van der Waals surface area contributed by atoms with E-state index in [4.69, 9.17) is 11.6 Å². The second-order valence-corrected chi connectivity index (χ2v) is 5.58. The van der Waals surface area contributed by atoms with E-state index in [1.165, 1.54) is 24.3 Å². The minimum absolute atomic E-state index is 0.0352. The SMILES string of the molecule is O=C(Nc1ccc(Cl)c(F)c1F)c1ccc(-c2noc(C(F)(F)F)n2)cc1. The fourth-order valence-corrected chi connectivity index (χ4v) is 2.19. The second-order valence-electron chi connectivity index (χ2n) is 5.18. The van der Waals surface area contributed by atoms with E-state index in [0.717, 1.165) is 12.1 Å². The highest BCUT2D eigenvalue weighted by atomic mass is 35.5. The summed E-state index contributed by atoms with van der Waals surface area (Å²) in [7, 11) is 0. The summed E-state index contributed by atoms with van der Waals surface area (Å²) >= 11 is 5.43. The molecule has 5 nitrogen and oxygen atoms in total. The van der Waals surface area contributed by atoms with Crippen molar-refractivity contribution in [3.05, 3.63) is 64.5 Å². The Bertz CT molecular complexity index is 1000. The molecule has 0 aliphatic rings. The number of hydrogen-bond donors (Lipinski definition) is 1. The Balaban J connectivity index is 1.78. The van der Waals surface area contributed by atoms with Gasteiger partial charge in [-0.3, -0.25) is 4.79 Å². The van der Waals surface area contributed by atoms with Crippen LogP contribution in [-0.2, 0) is 6.18 Å². The summed E-state index contributed by atoms with van der Waals surface area (Å²) in [6, 6.07) is 7.21. The summed E-state index contributed by atoms with van der Waals surface area (Å²) in [6.45, 7) is 0. The molecule has 27 heavy (non-hydrogen) atoms. The molecule has 1 amide bonds. The highest BCUT2D eigenvalue weighted by Crippen LogP contribution is 2.29. The van der Waals surface area contributed by atoms with Gasteiger partial charge in [-0.15, -0.1) is 0 Å². The monoisotopic (exact) mass is 403 g/mol. The molecule has 1 aromatic heterocycles. The van der Waals surface area contributed by atoms with Gasteiger partial charge in [-0.2, -0.15) is 18.2 Å². The van der Waals surface area contributed by atoms with Gasteiger partial charge in [-0.05, 0) is 24.3 Å². The molecule has 11 heteroatoms. The summed E-state index contributed by atoms with van der Waals surface area (Å²) < 4.78 is 68.7. The van der Waals surface area contributed by atoms with E-state index in [-0.39, 0.29) is 17.0 Å². The van der Waals surface area contributed by atoms with Crippen LogP contribution in [0.1, 0.15) is 16.2 Å². The van der Waals surface area contributed by atoms with Gasteiger partial charge in [0, 0.05) is 11.1 Å². The average Bonchev–Trinajstić information content (AvgIpc) is 3.13. The van der Waals surface area contributed by atoms with Crippen LogP contribution in [0.25, 0.3) is 11.4 Å². The fraction of sp³-hybridized carbons (Fsp3) is 0.0625. The van der Waals surface area contributed by atoms with Crippen molar-refractivity contribution in [3.63, 3.8) is 0 Å². The van der Waals surface area contributed by atoms with Crippen molar-refractivity contribution in [2.45, 2.75) is 6.18 Å². The first-order valence-corrected chi connectivity index (χ1v) is 7.51. The third-order valence-electron chi connectivity index (χ3n) is 3.36. The number of carbonyl (C=O) groups is 1. The van der Waals surface area contributed by atoms with E-state index >= 15 is 0 Å². The maximum atomic E-state index is 13.7. The third kappa shape index (κ3) is 3.90. The molecule has 0 saturated carbocycles. The maximum Gasteiger partial charge on any atom is 0.471 e. The number of halogens is 6. The fourth-order valence-electron chi connectivity index (χ4n) is 2.04. The van der Waals surface area contributed by atoms with Gasteiger partial charge >= 0.3 is 12.1 Å². The van der Waals surface area contributed by atoms with Crippen LogP contribution in [0.2, 0.25) is 5.02 Å². The Hall–Kier alpha value is -3.01. The first kappa shape index (κ1) is 18.8. The first-order valence-electron chi connectivity index (χ1n) is 7.13. The largest absolute Gasteiger partial charge is 0.471 e. The lowest BCUT2D eigenvalue weighted by Gasteiger charge is -2.08. The molecular weight excluding hydrogens is 397 g/mol. The molecule has 3 aromatic rings. The van der Waals surface area contributed by atoms with Gasteiger partial charge in [-0.25, -0.2) is 8.78 Å². The number of amides is 1. The summed E-state index contributed by atoms with van der Waals surface area (Å²) in [5.74, 6) is -5.22. The molecule has 0 aliphatic heterocycles. The van der Waals surface area contributed by atoms with Gasteiger partial charge in [-0.1, -0.05) is 28.9 Å². The van der Waals surface area contributed by atoms with Crippen LogP contribution in [0.15, 0.2) is 40.9 Å². The van der Waals surface area contributed by atoms with Crippen molar-refractivity contribution in [2.24, 2.45) is 0 Å². The molecule has 2 aromatic carbocycles. The standard InChI is InChI=1S/C16H7ClF5N3O2/c17-9-5-6-10(12(19)11(9)18)23-14(26)8-3-1-7(2-4-8)13-24-15(27-25-13)16(20,21)22/h1-6H,(H,23,26). The minimum Gasteiger partial charge on any atom is -0.329 e. The van der Waals surface area contributed by atoms with Crippen LogP contribution in [0.4, 0.5) is 27.6 Å². The molecule has 0 bridgehead atoms. The molecule has 0 fully saturated rings. The molecule has 1 N–H and O–H groups in total. The van der Waals surface area contributed by atoms with Crippen molar-refractivity contribution >= 4 is 23.2 Å². The lowest BCUT2D eigenvalue weighted by Crippen LogP contribution is -2.13. The average molecular weight is 404 g/mol. The van der Waals surface area contributed by atoms with E-state index in [0.29, 0.717) is 0 Å². The van der Waals surface area contributed by atoms with Crippen LogP contribution in [0, 0.1) is 11.6 Å². The number of rotatable bonds is 3. The summed E-state index contributed by atoms with van der Waals surface area (Å²) in [6.07, 6.45) is -4.77. The lowest BCUT2D eigenvalue weighted by atomic mass is 10.1. The third-order valence-corrected chi connectivity index (χ3v) is 3.65. The molecule has 0 spiro atoms. The lowest BCUT2D eigenvalue weighted by molar-refractivity contribution is -0.159. The normalized spacial score (nSPS) is 11.5. The minimum atomic E-state index is -4.77. The van der Waals surface area contributed by atoms with Crippen LogP contribution < -0.4 is 5.32 Å². The highest BCUT2D eigenvalue weighted by Gasteiger charge is 2.38. The Morgan fingerprint density at radius 1 is 1.04 bits per heavy atom. The van der Waals surface area contributed by atoms with E-state index in [1.807, 2.05) is 0 Å². The van der Waals surface area contributed by atoms with Crippen molar-refractivity contribution in [1.29, 1.82) is 0 Å². The molecule has 0 atom stereocenters. The summed E-state index contributed by atoms with van der Waals surface area (Å²) in [5, 5.41) is 4.94. The number of benzene rings is 2. The number of hydrogen-bond acceptors (Lipinski definition) is 4. The number of aromatic nitrogens is 2. The van der Waals surface area contributed by atoms with E-state index < -0.39 is 40.3 Å². The van der Waals surface area contributed by atoms with Gasteiger partial charge in [0.2, 0.25) is 5.82 Å². The van der Waals surface area contributed by atoms with Crippen LogP contribution >= 0.6 is 11.6 Å². The zero-order valence-corrected chi connectivity index (χ0v) is 13.7. The van der Waals surface area contributed by atoms with E-state index in [1.54, 1.807) is 0 Å². The van der Waals surface area contributed by atoms with Gasteiger partial charge in [0.05, 0.1) is 10.7 Å². The molecule has 3 rings (SSSR count). The van der Waals surface area contributed by atoms with Gasteiger partial charge in [0.25, 0.3) is 5.91 Å². The number of alkyl halides is 3. The smallest absolute Gasteiger partial charge is 0.329 e. The molecule has 0 radical (unpaired) electrons. The highest BCUT2D eigenvalue weighted by molar-refractivity contribution is 6.30. The van der Waals surface area contributed by atoms with Crippen LogP contribution in [0.5, 0.6) is 0 Å². The quantitative estimate of drug-likeness (QED) is 0.497. The summed E-state index contributed by atoms with van der Waals surface area (Å²) in [4.78, 5) is 15.3. The van der Waals surface area contributed by atoms with Crippen molar-refractivity contribution < 1.29 is 31.3 Å². The molecule has 0 saturated heterocycles. The van der Waals surface area contributed by atoms with Crippen molar-refractivity contribution in [2.75, 3.05) is 5.32 Å². The number of nitrogens with one attached hydrogen (secondary N) is 1. The Kier molecular flexibility index (Phi) is 4.83. The van der Waals surface area contributed by atoms with Crippen LogP contribution in [0.3, 0.4) is 0 Å². The van der Waals surface area contributed by atoms with Crippen LogP contribution in [-0.4, -0.2) is 16.0 Å². The predicted molar refractivity (Wildman–Crippen MR) is 84.1 cm³/mol. The van der Waals surface area contributed by atoms with Crippen molar-refractivity contribution in [3.8, 4) is 11.4 Å². The maximum absolute atomic E-state index is 13.7.